The lowest BCUT2D eigenvalue weighted by molar-refractivity contribution is -0.132. The summed E-state index contributed by atoms with van der Waals surface area (Å²) in [5.74, 6) is -1.28. The smallest absolute Gasteiger partial charge is 0.350 e. The first-order valence-electron chi connectivity index (χ1n) is 13.9. The highest BCUT2D eigenvalue weighted by molar-refractivity contribution is 7.17. The second-order valence-corrected chi connectivity index (χ2v) is 10.4. The van der Waals surface area contributed by atoms with Crippen LogP contribution >= 0.6 is 11.3 Å². The molecule has 1 amide bonds. The predicted molar refractivity (Wildman–Crippen MR) is 163 cm³/mol. The number of ether oxygens (including phenoxy) is 4. The Morgan fingerprint density at radius 1 is 1.05 bits per heavy atom. The van der Waals surface area contributed by atoms with Gasteiger partial charge in [0.05, 0.1) is 37.1 Å². The first kappa shape index (κ1) is 31.3. The van der Waals surface area contributed by atoms with Crippen molar-refractivity contribution in [3.63, 3.8) is 0 Å². The number of rotatable bonds is 13. The van der Waals surface area contributed by atoms with Gasteiger partial charge in [-0.3, -0.25) is 14.5 Å². The number of thiazole rings is 1. The van der Waals surface area contributed by atoms with Gasteiger partial charge in [0.1, 0.15) is 23.0 Å². The van der Waals surface area contributed by atoms with Crippen LogP contribution in [0.1, 0.15) is 59.7 Å². The van der Waals surface area contributed by atoms with Crippen molar-refractivity contribution in [1.29, 1.82) is 0 Å². The second-order valence-electron chi connectivity index (χ2n) is 9.41. The van der Waals surface area contributed by atoms with Gasteiger partial charge in [0, 0.05) is 5.56 Å². The van der Waals surface area contributed by atoms with Gasteiger partial charge in [-0.25, -0.2) is 9.78 Å². The van der Waals surface area contributed by atoms with E-state index in [1.165, 1.54) is 11.0 Å². The molecule has 1 aliphatic rings. The summed E-state index contributed by atoms with van der Waals surface area (Å²) in [7, 11) is 0. The maximum absolute atomic E-state index is 13.6. The summed E-state index contributed by atoms with van der Waals surface area (Å²) < 4.78 is 22.3. The summed E-state index contributed by atoms with van der Waals surface area (Å²) in [5.41, 5.74) is 0.993. The molecule has 1 N–H and O–H groups in total. The topological polar surface area (TPSA) is 124 Å². The Balaban J connectivity index is 1.88. The largest absolute Gasteiger partial charge is 0.507 e. The van der Waals surface area contributed by atoms with Gasteiger partial charge in [0.25, 0.3) is 5.78 Å². The van der Waals surface area contributed by atoms with E-state index in [0.717, 1.165) is 17.8 Å². The molecule has 2 aromatic carbocycles. The van der Waals surface area contributed by atoms with Crippen molar-refractivity contribution in [1.82, 2.24) is 4.98 Å². The molecule has 4 rings (SSSR count). The molecule has 226 valence electrons. The standard InChI is InChI=1S/C32H34N2O8S/c1-6-16-41-22-13-10-20(11-14-22)27(35)25-26(21-12-15-23(39-8-3)24(18-21)40-9-4)34(30(37)28(25)36)32-33-19(5)29(43-32)31(38)42-17-7-2/h7,10-15,18,26,35H,2,6,8-9,16-17H2,1,3-5H3. The molecule has 1 aliphatic heterocycles. The Kier molecular flexibility index (Phi) is 10.2. The van der Waals surface area contributed by atoms with Crippen LogP contribution in [0.4, 0.5) is 5.13 Å². The zero-order chi connectivity index (χ0) is 31.1. The third-order valence-corrected chi connectivity index (χ3v) is 7.57. The molecule has 0 radical (unpaired) electrons. The number of nitrogens with zero attached hydrogens (tertiary/aromatic N) is 2. The molecule has 0 aliphatic carbocycles. The lowest BCUT2D eigenvalue weighted by Crippen LogP contribution is -2.29. The van der Waals surface area contributed by atoms with Crippen molar-refractivity contribution in [2.75, 3.05) is 31.3 Å². The lowest BCUT2D eigenvalue weighted by Gasteiger charge is -2.24. The molecule has 11 heteroatoms. The van der Waals surface area contributed by atoms with Crippen molar-refractivity contribution in [2.45, 2.75) is 40.2 Å². The lowest BCUT2D eigenvalue weighted by atomic mass is 9.95. The van der Waals surface area contributed by atoms with E-state index in [1.807, 2.05) is 20.8 Å². The average molecular weight is 607 g/mol. The van der Waals surface area contributed by atoms with Crippen LogP contribution in [0.15, 0.2) is 60.7 Å². The monoisotopic (exact) mass is 606 g/mol. The summed E-state index contributed by atoms with van der Waals surface area (Å²) in [5, 5.41) is 11.6. The summed E-state index contributed by atoms with van der Waals surface area (Å²) in [6.45, 7) is 12.1. The van der Waals surface area contributed by atoms with Crippen molar-refractivity contribution >= 4 is 39.9 Å². The normalized spacial score (nSPS) is 15.8. The predicted octanol–water partition coefficient (Wildman–Crippen LogP) is 6.01. The van der Waals surface area contributed by atoms with E-state index in [2.05, 4.69) is 11.6 Å². The number of aryl methyl sites for hydroxylation is 1. The molecule has 43 heavy (non-hydrogen) atoms. The first-order chi connectivity index (χ1) is 20.7. The number of carbonyl (C=O) groups excluding carboxylic acids is 3. The number of benzene rings is 2. The van der Waals surface area contributed by atoms with Crippen LogP contribution in [0, 0.1) is 6.92 Å². The summed E-state index contributed by atoms with van der Waals surface area (Å²) in [4.78, 5) is 45.8. The highest BCUT2D eigenvalue weighted by Gasteiger charge is 2.48. The van der Waals surface area contributed by atoms with E-state index in [-0.39, 0.29) is 27.9 Å². The molecule has 1 fully saturated rings. The van der Waals surface area contributed by atoms with Crippen molar-refractivity contribution in [3.05, 3.63) is 82.4 Å². The van der Waals surface area contributed by atoms with E-state index in [0.29, 0.717) is 53.9 Å². The Morgan fingerprint density at radius 2 is 1.74 bits per heavy atom. The highest BCUT2D eigenvalue weighted by Crippen LogP contribution is 2.45. The van der Waals surface area contributed by atoms with Crippen LogP contribution in [0.5, 0.6) is 17.2 Å². The molecule has 1 saturated heterocycles. The summed E-state index contributed by atoms with van der Waals surface area (Å²) >= 11 is 0.921. The zero-order valence-electron chi connectivity index (χ0n) is 24.5. The van der Waals surface area contributed by atoms with Gasteiger partial charge in [0.2, 0.25) is 0 Å². The van der Waals surface area contributed by atoms with Gasteiger partial charge in [-0.1, -0.05) is 37.0 Å². The quantitative estimate of drug-likeness (QED) is 0.0819. The van der Waals surface area contributed by atoms with E-state index in [1.54, 1.807) is 49.4 Å². The summed E-state index contributed by atoms with van der Waals surface area (Å²) in [6, 6.07) is 10.6. The van der Waals surface area contributed by atoms with Crippen molar-refractivity contribution in [2.24, 2.45) is 0 Å². The number of aromatic nitrogens is 1. The molecule has 0 saturated carbocycles. The number of hydrogen-bond donors (Lipinski definition) is 1. The van der Waals surface area contributed by atoms with Crippen LogP contribution in [-0.2, 0) is 14.3 Å². The fourth-order valence-electron chi connectivity index (χ4n) is 4.54. The molecule has 2 heterocycles. The van der Waals surface area contributed by atoms with E-state index >= 15 is 0 Å². The Bertz CT molecular complexity index is 1540. The van der Waals surface area contributed by atoms with E-state index in [4.69, 9.17) is 18.9 Å². The number of ketones is 1. The number of aliphatic hydroxyl groups excluding tert-OH is 1. The van der Waals surface area contributed by atoms with Gasteiger partial charge in [-0.15, -0.1) is 0 Å². The highest BCUT2D eigenvalue weighted by atomic mass is 32.1. The minimum atomic E-state index is -1.09. The maximum Gasteiger partial charge on any atom is 0.350 e. The second kappa shape index (κ2) is 14.0. The van der Waals surface area contributed by atoms with Gasteiger partial charge >= 0.3 is 11.9 Å². The number of esters is 1. The number of anilines is 1. The number of amides is 1. The summed E-state index contributed by atoms with van der Waals surface area (Å²) in [6.07, 6.45) is 2.28. The van der Waals surface area contributed by atoms with Crippen molar-refractivity contribution in [3.8, 4) is 17.2 Å². The first-order valence-corrected chi connectivity index (χ1v) is 14.8. The van der Waals surface area contributed by atoms with Crippen LogP contribution in [0.2, 0.25) is 0 Å². The van der Waals surface area contributed by atoms with Crippen LogP contribution in [0.3, 0.4) is 0 Å². The third kappa shape index (κ3) is 6.56. The SMILES string of the molecule is C=CCOC(=O)c1sc(N2C(=O)C(=O)C(=C(O)c3ccc(OCCC)cc3)C2c2ccc(OCC)c(OCC)c2)nc1C. The molecular formula is C32H34N2O8S. The molecular weight excluding hydrogens is 572 g/mol. The van der Waals surface area contributed by atoms with E-state index in [9.17, 15) is 19.5 Å². The molecule has 1 atom stereocenters. The molecule has 3 aromatic rings. The number of hydrogen-bond acceptors (Lipinski definition) is 10. The minimum absolute atomic E-state index is 0.00464. The number of carbonyl (C=O) groups is 3. The Labute approximate surface area is 254 Å². The van der Waals surface area contributed by atoms with Crippen LogP contribution < -0.4 is 19.1 Å². The number of Topliss-reactive ketones (excluding diaryl/α,β-unsaturated/α-hetero) is 1. The molecule has 0 spiro atoms. The Hall–Kier alpha value is -4.64. The minimum Gasteiger partial charge on any atom is -0.507 e. The molecule has 10 nitrogen and oxygen atoms in total. The van der Waals surface area contributed by atoms with Crippen molar-refractivity contribution < 1.29 is 38.4 Å². The van der Waals surface area contributed by atoms with Crippen LogP contribution in [0.25, 0.3) is 5.76 Å². The van der Waals surface area contributed by atoms with Gasteiger partial charge in [-0.2, -0.15) is 0 Å². The van der Waals surface area contributed by atoms with Gasteiger partial charge in [-0.05, 0) is 69.2 Å². The Morgan fingerprint density at radius 3 is 2.40 bits per heavy atom. The van der Waals surface area contributed by atoms with Crippen LogP contribution in [-0.4, -0.2) is 54.2 Å². The molecule has 1 aromatic heterocycles. The average Bonchev–Trinajstić information content (AvgIpc) is 3.52. The van der Waals surface area contributed by atoms with Gasteiger partial charge in [0.15, 0.2) is 16.6 Å². The van der Waals surface area contributed by atoms with E-state index < -0.39 is 23.7 Å². The maximum atomic E-state index is 13.6. The molecule has 0 bridgehead atoms. The third-order valence-electron chi connectivity index (χ3n) is 6.44. The fraction of sp³-hybridized carbons (Fsp3) is 0.312. The molecule has 1 unspecified atom stereocenters. The fourth-order valence-corrected chi connectivity index (χ4v) is 5.53. The number of aliphatic hydroxyl groups is 1. The van der Waals surface area contributed by atoms with Gasteiger partial charge < -0.3 is 24.1 Å². The zero-order valence-corrected chi connectivity index (χ0v) is 25.4.